The highest BCUT2D eigenvalue weighted by Gasteiger charge is 2.72. The number of hydrogen-bond acceptors (Lipinski definition) is 20. The first kappa shape index (κ1) is 41.4. The number of ether oxygens (including phenoxy) is 7. The molecular weight excluding hydrogens is 708 g/mol. The summed E-state index contributed by atoms with van der Waals surface area (Å²) in [5.74, 6) is -6.26. The SMILES string of the molecule is CC(=O)NC1C(O)[C@H](O[C@@H]2OC3(O)C2C(O)[C@H](O)C3CO[C@H]2OC(CO)[C@@H](O)C(O)C2O)C(CO)O[C@H]1O[C@@H]1C(CO)O[C@@H](C)C(NC(C)=O)C1O. The third-order valence-corrected chi connectivity index (χ3v) is 10.3. The maximum atomic E-state index is 12.2. The van der Waals surface area contributed by atoms with Crippen molar-refractivity contribution < 1.29 is 98.9 Å². The molecule has 21 atom stereocenters. The molecule has 13 N–H and O–H groups in total. The van der Waals surface area contributed by atoms with Gasteiger partial charge in [-0.25, -0.2) is 0 Å². The summed E-state index contributed by atoms with van der Waals surface area (Å²) in [5, 5.41) is 121. The van der Waals surface area contributed by atoms with Crippen molar-refractivity contribution in [2.45, 2.75) is 137 Å². The van der Waals surface area contributed by atoms with Crippen LogP contribution in [0.2, 0.25) is 0 Å². The molecule has 2 amide bonds. The molecule has 5 rings (SSSR count). The molecule has 1 saturated carbocycles. The number of aliphatic hydroxyl groups excluding tert-OH is 10. The van der Waals surface area contributed by atoms with Gasteiger partial charge in [-0.2, -0.15) is 0 Å². The van der Waals surface area contributed by atoms with Gasteiger partial charge in [0.2, 0.25) is 11.8 Å². The molecule has 52 heavy (non-hydrogen) atoms. The third-order valence-electron chi connectivity index (χ3n) is 10.3. The fourth-order valence-corrected chi connectivity index (χ4v) is 7.57. The molecule has 0 bridgehead atoms. The molecule has 22 heteroatoms. The minimum absolute atomic E-state index is 0.487. The Bertz CT molecular complexity index is 1240. The Morgan fingerprint density at radius 2 is 1.15 bits per heavy atom. The number of carbonyl (C=O) groups is 2. The summed E-state index contributed by atoms with van der Waals surface area (Å²) in [6.07, 6.45) is -24.2. The van der Waals surface area contributed by atoms with E-state index in [-0.39, 0.29) is 0 Å². The van der Waals surface area contributed by atoms with Gasteiger partial charge in [0.15, 0.2) is 24.7 Å². The van der Waals surface area contributed by atoms with Crippen molar-refractivity contribution in [3.05, 3.63) is 0 Å². The van der Waals surface area contributed by atoms with Crippen molar-refractivity contribution in [1.29, 1.82) is 0 Å². The summed E-state index contributed by atoms with van der Waals surface area (Å²) in [6.45, 7) is 1.08. The zero-order chi connectivity index (χ0) is 38.4. The van der Waals surface area contributed by atoms with Crippen LogP contribution in [0.4, 0.5) is 0 Å². The van der Waals surface area contributed by atoms with Gasteiger partial charge < -0.3 is 100.0 Å². The van der Waals surface area contributed by atoms with Gasteiger partial charge in [-0.3, -0.25) is 9.59 Å². The van der Waals surface area contributed by atoms with Crippen LogP contribution in [0, 0.1) is 11.8 Å². The van der Waals surface area contributed by atoms with Crippen LogP contribution in [0.3, 0.4) is 0 Å². The molecule has 22 nitrogen and oxygen atoms in total. The molecular formula is C30H50N2O20. The van der Waals surface area contributed by atoms with Crippen molar-refractivity contribution in [3.63, 3.8) is 0 Å². The van der Waals surface area contributed by atoms with Gasteiger partial charge in [0.05, 0.1) is 62.6 Å². The highest BCUT2D eigenvalue weighted by Crippen LogP contribution is 2.54. The fourth-order valence-electron chi connectivity index (χ4n) is 7.57. The quantitative estimate of drug-likeness (QED) is 0.0879. The molecule has 0 radical (unpaired) electrons. The fraction of sp³-hybridized carbons (Fsp3) is 0.933. The van der Waals surface area contributed by atoms with Crippen molar-refractivity contribution in [3.8, 4) is 0 Å². The highest BCUT2D eigenvalue weighted by molar-refractivity contribution is 5.73. The number of amides is 2. The lowest BCUT2D eigenvalue weighted by Gasteiger charge is -2.53. The second-order valence-electron chi connectivity index (χ2n) is 13.8. The van der Waals surface area contributed by atoms with E-state index in [1.165, 1.54) is 6.92 Å². The molecule has 0 spiro atoms. The molecule has 4 aliphatic heterocycles. The first-order valence-corrected chi connectivity index (χ1v) is 16.9. The standard InChI is InChI=1S/C30H50N2O20/c1-8-16(31-9(2)36)21(41)25(13(5-34)47-8)51-28-17(32-10(3)37)22(42)26(14(6-35)49-28)50-27-15-20(40)18(38)11(30(15,45)52-27)7-46-29-24(44)23(43)19(39)12(4-33)48-29/h8,11-29,33-35,38-45H,4-7H2,1-3H3,(H,31,36)(H,32,37)/t8-,11?,12?,13?,14?,15?,16?,17?,18+,19+,20?,21?,22?,23?,24?,25+,26+,27+,28-,29-,30?/m0/s1. The monoisotopic (exact) mass is 758 g/mol. The Morgan fingerprint density at radius 3 is 1.73 bits per heavy atom. The van der Waals surface area contributed by atoms with E-state index in [9.17, 15) is 65.8 Å². The average Bonchev–Trinajstić information content (AvgIpc) is 3.22. The van der Waals surface area contributed by atoms with Gasteiger partial charge in [-0.05, 0) is 6.92 Å². The van der Waals surface area contributed by atoms with Gasteiger partial charge >= 0.3 is 0 Å². The van der Waals surface area contributed by atoms with Crippen LogP contribution < -0.4 is 10.6 Å². The predicted molar refractivity (Wildman–Crippen MR) is 163 cm³/mol. The van der Waals surface area contributed by atoms with Gasteiger partial charge in [0, 0.05) is 13.8 Å². The van der Waals surface area contributed by atoms with E-state index in [0.717, 1.165) is 6.92 Å². The minimum Gasteiger partial charge on any atom is -0.394 e. The van der Waals surface area contributed by atoms with Crippen LogP contribution in [0.15, 0.2) is 0 Å². The summed E-state index contributed by atoms with van der Waals surface area (Å²) in [7, 11) is 0. The summed E-state index contributed by atoms with van der Waals surface area (Å²) in [6, 6.07) is -2.45. The number of rotatable bonds is 12. The number of nitrogens with one attached hydrogen (secondary N) is 2. The smallest absolute Gasteiger partial charge is 0.217 e. The van der Waals surface area contributed by atoms with Crippen LogP contribution in [-0.4, -0.2) is 211 Å². The first-order valence-electron chi connectivity index (χ1n) is 16.9. The topological polar surface area (TPSA) is 345 Å². The molecule has 5 fully saturated rings. The number of hydrogen-bond donors (Lipinski definition) is 13. The summed E-state index contributed by atoms with van der Waals surface area (Å²) < 4.78 is 39.8. The second kappa shape index (κ2) is 16.5. The zero-order valence-corrected chi connectivity index (χ0v) is 28.5. The van der Waals surface area contributed by atoms with E-state index >= 15 is 0 Å². The predicted octanol–water partition coefficient (Wildman–Crippen LogP) is -8.19. The maximum Gasteiger partial charge on any atom is 0.217 e. The molecule has 0 aromatic rings. The highest BCUT2D eigenvalue weighted by atomic mass is 16.8. The summed E-state index contributed by atoms with van der Waals surface area (Å²) >= 11 is 0. The van der Waals surface area contributed by atoms with E-state index < -0.39 is 166 Å². The van der Waals surface area contributed by atoms with Gasteiger partial charge in [0.1, 0.15) is 67.1 Å². The van der Waals surface area contributed by atoms with E-state index in [1.54, 1.807) is 6.92 Å². The average molecular weight is 759 g/mol. The third kappa shape index (κ3) is 7.69. The Hall–Kier alpha value is -1.78. The van der Waals surface area contributed by atoms with Crippen LogP contribution in [0.1, 0.15) is 20.8 Å². The molecule has 1 aliphatic carbocycles. The number of aliphatic hydroxyl groups is 11. The van der Waals surface area contributed by atoms with Crippen LogP contribution in [0.5, 0.6) is 0 Å². The molecule has 5 aliphatic rings. The lowest BCUT2D eigenvalue weighted by molar-refractivity contribution is -0.457. The summed E-state index contributed by atoms with van der Waals surface area (Å²) in [5.41, 5.74) is 0. The van der Waals surface area contributed by atoms with Gasteiger partial charge in [0.25, 0.3) is 0 Å². The maximum absolute atomic E-state index is 12.2. The molecule has 4 saturated heterocycles. The van der Waals surface area contributed by atoms with Crippen LogP contribution in [-0.2, 0) is 42.7 Å². The zero-order valence-electron chi connectivity index (χ0n) is 28.5. The van der Waals surface area contributed by atoms with Crippen molar-refractivity contribution in [2.75, 3.05) is 26.4 Å². The van der Waals surface area contributed by atoms with Crippen LogP contribution in [0.25, 0.3) is 0 Å². The van der Waals surface area contributed by atoms with Crippen molar-refractivity contribution in [2.24, 2.45) is 11.8 Å². The largest absolute Gasteiger partial charge is 0.394 e. The summed E-state index contributed by atoms with van der Waals surface area (Å²) in [4.78, 5) is 24.0. The minimum atomic E-state index is -2.31. The Labute approximate surface area is 296 Å². The Kier molecular flexibility index (Phi) is 13.2. The number of fused-ring (bicyclic) bond motifs is 1. The molecule has 300 valence electrons. The Morgan fingerprint density at radius 1 is 0.635 bits per heavy atom. The van der Waals surface area contributed by atoms with E-state index in [2.05, 4.69) is 10.6 Å². The lowest BCUT2D eigenvalue weighted by Crippen LogP contribution is -2.71. The number of carbonyl (C=O) groups excluding carboxylic acids is 2. The molecule has 4 heterocycles. The normalized spacial score (nSPS) is 50.6. The van der Waals surface area contributed by atoms with Gasteiger partial charge in [-0.15, -0.1) is 0 Å². The van der Waals surface area contributed by atoms with Gasteiger partial charge in [-0.1, -0.05) is 0 Å². The second-order valence-corrected chi connectivity index (χ2v) is 13.8. The molecule has 0 aromatic heterocycles. The molecule has 0 aromatic carbocycles. The lowest BCUT2D eigenvalue weighted by atomic mass is 9.88. The molecule has 13 unspecified atom stereocenters. The van der Waals surface area contributed by atoms with Crippen LogP contribution >= 0.6 is 0 Å². The Balaban J connectivity index is 1.28. The van der Waals surface area contributed by atoms with E-state index in [0.29, 0.717) is 0 Å². The van der Waals surface area contributed by atoms with Crippen molar-refractivity contribution >= 4 is 11.8 Å². The van der Waals surface area contributed by atoms with E-state index in [4.69, 9.17) is 33.2 Å². The first-order chi connectivity index (χ1) is 24.5. The van der Waals surface area contributed by atoms with Crippen molar-refractivity contribution in [1.82, 2.24) is 10.6 Å². The van der Waals surface area contributed by atoms with E-state index in [1.807, 2.05) is 0 Å².